The third-order valence-corrected chi connectivity index (χ3v) is 8.17. The molecule has 0 unspecified atom stereocenters. The maximum absolute atomic E-state index is 13.8. The number of phenolic OH excluding ortho intramolecular Hbond substituents is 1. The van der Waals surface area contributed by atoms with E-state index in [1.54, 1.807) is 25.1 Å². The van der Waals surface area contributed by atoms with Gasteiger partial charge in [-0.3, -0.25) is 14.4 Å². The van der Waals surface area contributed by atoms with Crippen LogP contribution in [0.2, 0.25) is 0 Å². The van der Waals surface area contributed by atoms with E-state index < -0.39 is 76.0 Å². The van der Waals surface area contributed by atoms with Crippen LogP contribution in [0.4, 0.5) is 0 Å². The first-order chi connectivity index (χ1) is 18.0. The summed E-state index contributed by atoms with van der Waals surface area (Å²) in [7, 11) is 0. The minimum atomic E-state index is -2.87. The first-order valence-corrected chi connectivity index (χ1v) is 12.0. The van der Waals surface area contributed by atoms with E-state index in [2.05, 4.69) is 0 Å². The zero-order valence-electron chi connectivity index (χ0n) is 20.0. The summed E-state index contributed by atoms with van der Waals surface area (Å²) in [5.41, 5.74) is 2.40. The molecule has 0 radical (unpaired) electrons. The van der Waals surface area contributed by atoms with Gasteiger partial charge < -0.3 is 35.7 Å². The Morgan fingerprint density at radius 1 is 1.11 bits per heavy atom. The van der Waals surface area contributed by atoms with Gasteiger partial charge in [0.2, 0.25) is 5.78 Å². The number of furan rings is 1. The minimum absolute atomic E-state index is 0.0882. The zero-order chi connectivity index (χ0) is 27.3. The highest BCUT2D eigenvalue weighted by Gasteiger charge is 2.65. The number of hydrogen-bond donors (Lipinski definition) is 6. The summed E-state index contributed by atoms with van der Waals surface area (Å²) in [6.07, 6.45) is -2.24. The summed E-state index contributed by atoms with van der Waals surface area (Å²) in [5, 5.41) is 56.5. The average Bonchev–Trinajstić information content (AvgIpc) is 3.30. The van der Waals surface area contributed by atoms with E-state index in [1.165, 1.54) is 6.07 Å². The molecule has 1 heterocycles. The van der Waals surface area contributed by atoms with Gasteiger partial charge in [0.05, 0.1) is 11.7 Å². The molecule has 1 amide bonds. The van der Waals surface area contributed by atoms with Gasteiger partial charge in [-0.1, -0.05) is 25.1 Å². The first-order valence-electron chi connectivity index (χ1n) is 12.0. The molecule has 6 rings (SSSR count). The number of ketones is 2. The van der Waals surface area contributed by atoms with Crippen molar-refractivity contribution in [1.29, 1.82) is 0 Å². The fraction of sp³-hybridized carbons (Fsp3) is 0.250. The highest BCUT2D eigenvalue weighted by atomic mass is 16.4. The Bertz CT molecular complexity index is 1630. The van der Waals surface area contributed by atoms with Gasteiger partial charge in [0.25, 0.3) is 5.91 Å². The van der Waals surface area contributed by atoms with Crippen molar-refractivity contribution in [3.63, 3.8) is 0 Å². The monoisotopic (exact) mass is 517 g/mol. The van der Waals surface area contributed by atoms with Crippen molar-refractivity contribution in [2.24, 2.45) is 17.6 Å². The molecular weight excluding hydrogens is 494 g/mol. The predicted octanol–water partition coefficient (Wildman–Crippen LogP) is 2.37. The Morgan fingerprint density at radius 3 is 2.50 bits per heavy atom. The van der Waals surface area contributed by atoms with Crippen molar-refractivity contribution >= 4 is 34.2 Å². The van der Waals surface area contributed by atoms with Crippen molar-refractivity contribution in [1.82, 2.24) is 0 Å². The van der Waals surface area contributed by atoms with Crippen LogP contribution in [0.25, 0.3) is 28.1 Å². The summed E-state index contributed by atoms with van der Waals surface area (Å²) in [6, 6.07) is 12.0. The number of aliphatic hydroxyl groups excluding tert-OH is 3. The van der Waals surface area contributed by atoms with Crippen LogP contribution in [0.5, 0.6) is 5.75 Å². The molecule has 5 atom stereocenters. The number of fused-ring (bicyclic) bond motifs is 4. The average molecular weight is 517 g/mol. The number of primary amides is 1. The highest BCUT2D eigenvalue weighted by molar-refractivity contribution is 6.23. The fourth-order valence-electron chi connectivity index (χ4n) is 6.41. The number of carbonyl (C=O) groups excluding carboxylic acids is 3. The standard InChI is InChI=1S/C28H23NO9/c1-10-18-12(17-8-11-4-2-3-5-16(11)38-17)6-7-14(30)20(18)24(33)22-19(10)23(32)13-9-15(31)21(27(29)36)25(34)28(13,37)26(22)35/h2-8,10,13,19,23,30,32-34,37H,9H2,1H3,(H2,29,36)/t10-,13+,19+,23+,28+/m0/s1. The highest BCUT2D eigenvalue weighted by Crippen LogP contribution is 2.57. The third-order valence-electron chi connectivity index (χ3n) is 8.17. The van der Waals surface area contributed by atoms with Gasteiger partial charge in [0, 0.05) is 34.8 Å². The lowest BCUT2D eigenvalue weighted by Crippen LogP contribution is -2.63. The Labute approximate surface area is 214 Å². The van der Waals surface area contributed by atoms with Crippen molar-refractivity contribution in [2.45, 2.75) is 31.0 Å². The molecule has 0 saturated heterocycles. The van der Waals surface area contributed by atoms with Gasteiger partial charge >= 0.3 is 0 Å². The number of phenols is 1. The SMILES string of the molecule is C[C@H]1c2c(-c3cc4ccccc4o3)ccc(O)c2C(O)=C2C(=O)[C@]3(O)C(O)=C(C(N)=O)C(=O)C[C@@H]3[C@@H](O)[C@@H]21. The molecule has 0 bridgehead atoms. The second-order valence-corrected chi connectivity index (χ2v) is 10.1. The molecule has 10 nitrogen and oxygen atoms in total. The van der Waals surface area contributed by atoms with Gasteiger partial charge in [-0.25, -0.2) is 0 Å². The van der Waals surface area contributed by atoms with E-state index in [1.807, 2.05) is 18.2 Å². The number of aromatic hydroxyl groups is 1. The van der Waals surface area contributed by atoms with Crippen molar-refractivity contribution in [3.8, 4) is 17.1 Å². The second-order valence-electron chi connectivity index (χ2n) is 10.1. The van der Waals surface area contributed by atoms with E-state index >= 15 is 0 Å². The van der Waals surface area contributed by atoms with E-state index in [-0.39, 0.29) is 11.3 Å². The number of Topliss-reactive ketones (excluding diaryl/α,β-unsaturated/α-hetero) is 2. The van der Waals surface area contributed by atoms with Crippen molar-refractivity contribution < 1.29 is 44.3 Å². The summed E-state index contributed by atoms with van der Waals surface area (Å²) >= 11 is 0. The molecule has 3 aliphatic carbocycles. The number of aliphatic hydroxyl groups is 4. The number of carbonyl (C=O) groups is 3. The number of amides is 1. The zero-order valence-corrected chi connectivity index (χ0v) is 20.0. The molecule has 194 valence electrons. The van der Waals surface area contributed by atoms with Crippen LogP contribution in [0.3, 0.4) is 0 Å². The quantitative estimate of drug-likeness (QED) is 0.277. The Morgan fingerprint density at radius 2 is 1.82 bits per heavy atom. The lowest BCUT2D eigenvalue weighted by atomic mass is 9.55. The van der Waals surface area contributed by atoms with E-state index in [9.17, 15) is 39.9 Å². The number of benzene rings is 2. The van der Waals surface area contributed by atoms with Gasteiger partial charge in [0.1, 0.15) is 34.2 Å². The number of nitrogens with two attached hydrogens (primary N) is 1. The van der Waals surface area contributed by atoms with Crippen LogP contribution in [0.1, 0.15) is 30.4 Å². The van der Waals surface area contributed by atoms with Gasteiger partial charge in [-0.15, -0.1) is 0 Å². The van der Waals surface area contributed by atoms with E-state index in [0.717, 1.165) is 5.39 Å². The van der Waals surface area contributed by atoms with Gasteiger partial charge in [-0.05, 0) is 35.7 Å². The molecule has 1 fully saturated rings. The van der Waals surface area contributed by atoms with E-state index in [4.69, 9.17) is 10.2 Å². The molecule has 3 aliphatic rings. The minimum Gasteiger partial charge on any atom is -0.508 e. The number of hydrogen-bond acceptors (Lipinski definition) is 9. The molecule has 10 heteroatoms. The number of para-hydroxylation sites is 1. The summed E-state index contributed by atoms with van der Waals surface area (Å²) < 4.78 is 6.02. The molecule has 1 saturated carbocycles. The smallest absolute Gasteiger partial charge is 0.255 e. The summed E-state index contributed by atoms with van der Waals surface area (Å²) in [5.74, 6) is -8.69. The van der Waals surface area contributed by atoms with Crippen molar-refractivity contribution in [3.05, 3.63) is 70.5 Å². The molecule has 1 aromatic heterocycles. The number of rotatable bonds is 2. The van der Waals surface area contributed by atoms with Crippen LogP contribution < -0.4 is 5.73 Å². The molecular formula is C28H23NO9. The second kappa shape index (κ2) is 7.80. The molecule has 2 aromatic carbocycles. The topological polar surface area (TPSA) is 192 Å². The molecule has 0 aliphatic heterocycles. The van der Waals surface area contributed by atoms with Crippen LogP contribution in [0, 0.1) is 11.8 Å². The Kier molecular flexibility index (Phi) is 4.91. The maximum Gasteiger partial charge on any atom is 0.255 e. The van der Waals surface area contributed by atoms with Gasteiger partial charge in [-0.2, -0.15) is 0 Å². The lowest BCUT2D eigenvalue weighted by Gasteiger charge is -2.50. The van der Waals surface area contributed by atoms with Crippen LogP contribution in [0.15, 0.2) is 63.8 Å². The third kappa shape index (κ3) is 2.86. The molecule has 3 aromatic rings. The van der Waals surface area contributed by atoms with Crippen LogP contribution in [-0.2, 0) is 14.4 Å². The van der Waals surface area contributed by atoms with E-state index in [0.29, 0.717) is 22.5 Å². The predicted molar refractivity (Wildman–Crippen MR) is 133 cm³/mol. The summed E-state index contributed by atoms with van der Waals surface area (Å²) in [6.45, 7) is 1.68. The largest absolute Gasteiger partial charge is 0.508 e. The Hall–Kier alpha value is -4.41. The fourth-order valence-corrected chi connectivity index (χ4v) is 6.41. The van der Waals surface area contributed by atoms with Gasteiger partial charge in [0.15, 0.2) is 11.4 Å². The molecule has 7 N–H and O–H groups in total. The van der Waals surface area contributed by atoms with Crippen LogP contribution >= 0.6 is 0 Å². The Balaban J connectivity index is 1.61. The summed E-state index contributed by atoms with van der Waals surface area (Å²) in [4.78, 5) is 38.2. The first kappa shape index (κ1) is 24.0. The lowest BCUT2D eigenvalue weighted by molar-refractivity contribution is -0.160. The maximum atomic E-state index is 13.8. The molecule has 38 heavy (non-hydrogen) atoms. The van der Waals surface area contributed by atoms with Crippen LogP contribution in [-0.4, -0.2) is 54.7 Å². The normalized spacial score (nSPS) is 28.8. The molecule has 0 spiro atoms. The van der Waals surface area contributed by atoms with Crippen molar-refractivity contribution in [2.75, 3.05) is 0 Å².